The fraction of sp³-hybridized carbons (Fsp3) is 0.368. The van der Waals surface area contributed by atoms with Crippen LogP contribution >= 0.6 is 31.8 Å². The number of halogens is 3. The second kappa shape index (κ2) is 11.2. The molecule has 0 radical (unpaired) electrons. The van der Waals surface area contributed by atoms with E-state index in [-0.39, 0.29) is 45.6 Å². The molecule has 6 nitrogen and oxygen atoms in total. The highest BCUT2D eigenvalue weighted by Gasteiger charge is 2.60. The molecular formula is C19H18F3NO5PS3+. The van der Waals surface area contributed by atoms with Gasteiger partial charge in [0.15, 0.2) is 11.8 Å². The molecule has 0 bridgehead atoms. The molecule has 0 heterocycles. The maximum absolute atomic E-state index is 13.5. The van der Waals surface area contributed by atoms with E-state index in [4.69, 9.17) is 50.5 Å². The smallest absolute Gasteiger partial charge is 0.465 e. The summed E-state index contributed by atoms with van der Waals surface area (Å²) in [7, 11) is -1.01. The summed E-state index contributed by atoms with van der Waals surface area (Å²) < 4.78 is 56.9. The van der Waals surface area contributed by atoms with Crippen LogP contribution in [0.15, 0.2) is 48.0 Å². The minimum atomic E-state index is -5.36. The molecule has 172 valence electrons. The summed E-state index contributed by atoms with van der Waals surface area (Å²) in [5, 5.41) is 0. The monoisotopic (exact) mass is 524 g/mol. The Labute approximate surface area is 199 Å². The summed E-state index contributed by atoms with van der Waals surface area (Å²) in [6.45, 7) is 0.234. The van der Waals surface area contributed by atoms with E-state index in [1.807, 2.05) is 0 Å². The normalized spacial score (nSPS) is 16.4. The van der Waals surface area contributed by atoms with E-state index in [9.17, 15) is 22.8 Å². The van der Waals surface area contributed by atoms with Crippen LogP contribution in [-0.4, -0.2) is 51.5 Å². The van der Waals surface area contributed by atoms with Gasteiger partial charge in [-0.05, 0) is 19.1 Å². The quantitative estimate of drug-likeness (QED) is 0.193. The van der Waals surface area contributed by atoms with Crippen LogP contribution in [0.3, 0.4) is 0 Å². The topological polar surface area (TPSA) is 65.1 Å². The van der Waals surface area contributed by atoms with Crippen LogP contribution in [0.25, 0.3) is 0 Å². The van der Waals surface area contributed by atoms with Crippen molar-refractivity contribution in [1.29, 1.82) is 0 Å². The number of rotatable bonds is 9. The van der Waals surface area contributed by atoms with E-state index in [2.05, 4.69) is 0 Å². The number of amides is 1. The number of carbonyl (C=O) groups is 2. The van der Waals surface area contributed by atoms with Crippen LogP contribution in [0.2, 0.25) is 0 Å². The molecule has 13 heteroatoms. The van der Waals surface area contributed by atoms with E-state index in [1.54, 1.807) is 24.3 Å². The third-order valence-corrected chi connectivity index (χ3v) is 6.23. The van der Waals surface area contributed by atoms with Crippen molar-refractivity contribution in [3.05, 3.63) is 48.0 Å². The Kier molecular flexibility index (Phi) is 9.20. The van der Waals surface area contributed by atoms with E-state index in [1.165, 1.54) is 19.1 Å². The highest BCUT2D eigenvalue weighted by molar-refractivity contribution is 7.97. The van der Waals surface area contributed by atoms with Gasteiger partial charge in [-0.25, -0.2) is 4.90 Å². The van der Waals surface area contributed by atoms with Gasteiger partial charge >= 0.3 is 23.7 Å². The predicted molar refractivity (Wildman–Crippen MR) is 124 cm³/mol. The minimum absolute atomic E-state index is 0.0125. The molecule has 1 unspecified atom stereocenters. The Morgan fingerprint density at radius 1 is 1.06 bits per heavy atom. The van der Waals surface area contributed by atoms with Gasteiger partial charge in [-0.2, -0.15) is 13.2 Å². The Bertz CT molecular complexity index is 899. The molecule has 0 saturated carbocycles. The van der Waals surface area contributed by atoms with Gasteiger partial charge in [-0.3, -0.25) is 9.59 Å². The van der Waals surface area contributed by atoms with E-state index < -0.39 is 37.6 Å². The number of nitrogens with zero attached hydrogens (tertiary/aromatic N) is 1. The highest BCUT2D eigenvalue weighted by atomic mass is 32.4. The second-order valence-electron chi connectivity index (χ2n) is 6.25. The van der Waals surface area contributed by atoms with Gasteiger partial charge in [0, 0.05) is 12.8 Å². The lowest BCUT2D eigenvalue weighted by atomic mass is 10.1. The molecule has 0 spiro atoms. The van der Waals surface area contributed by atoms with Crippen molar-refractivity contribution in [3.63, 3.8) is 0 Å². The Morgan fingerprint density at radius 2 is 1.56 bits per heavy atom. The van der Waals surface area contributed by atoms with Crippen LogP contribution < -0.4 is 0 Å². The molecule has 2 rings (SSSR count). The predicted octanol–water partition coefficient (Wildman–Crippen LogP) is 4.15. The Morgan fingerprint density at radius 3 is 1.94 bits per heavy atom. The third kappa shape index (κ3) is 6.50. The summed E-state index contributed by atoms with van der Waals surface area (Å²) in [5.74, 6) is -3.52. The number of hydrogen-bond donors (Lipinski definition) is 0. The number of thiocarbonyl (C=S) groups is 2. The van der Waals surface area contributed by atoms with Crippen LogP contribution in [-0.2, 0) is 35.6 Å². The summed E-state index contributed by atoms with van der Waals surface area (Å²) in [6.07, 6.45) is 4.62. The van der Waals surface area contributed by atoms with Gasteiger partial charge in [0.25, 0.3) is 7.36 Å². The number of alkyl halides is 3. The van der Waals surface area contributed by atoms with Crippen LogP contribution in [0.5, 0.6) is 0 Å². The lowest BCUT2D eigenvalue weighted by Gasteiger charge is -2.35. The molecule has 0 N–H and O–H groups in total. The molecular weight excluding hydrogens is 506 g/mol. The van der Waals surface area contributed by atoms with Crippen LogP contribution in [0, 0.1) is 0 Å². The van der Waals surface area contributed by atoms with Crippen LogP contribution in [0.1, 0.15) is 19.8 Å². The van der Waals surface area contributed by atoms with Gasteiger partial charge in [-0.15, -0.1) is 0 Å². The third-order valence-electron chi connectivity index (χ3n) is 3.98. The first kappa shape index (κ1) is 26.2. The molecule has 0 aromatic rings. The Hall–Kier alpha value is -2.01. The number of ether oxygens (including phenoxy) is 3. The first-order valence-corrected chi connectivity index (χ1v) is 12.1. The molecule has 2 aliphatic carbocycles. The molecule has 1 amide bonds. The minimum Gasteiger partial charge on any atom is -0.465 e. The zero-order chi connectivity index (χ0) is 23.9. The average molecular weight is 525 g/mol. The highest BCUT2D eigenvalue weighted by Crippen LogP contribution is 2.40. The first-order valence-electron chi connectivity index (χ1n) is 9.16. The standard InChI is InChI=1S/C19H17F3NO5PS3/c1-2-26-16(24)11-23(17(25)18(20,21)22)19(29-32,27-12-7-3-5-9-14(12)30)28-13-8-4-6-10-15(13)31/h3-8H,2,9-11H2,1H3/p+1. The molecule has 0 aromatic heterocycles. The molecule has 1 atom stereocenters. The molecule has 0 aromatic carbocycles. The van der Waals surface area contributed by atoms with Gasteiger partial charge < -0.3 is 14.2 Å². The van der Waals surface area contributed by atoms with Gasteiger partial charge in [0.1, 0.15) is 18.1 Å². The van der Waals surface area contributed by atoms with Crippen molar-refractivity contribution >= 4 is 65.2 Å². The van der Waals surface area contributed by atoms with Gasteiger partial charge in [-0.1, -0.05) is 48.7 Å². The lowest BCUT2D eigenvalue weighted by molar-refractivity contribution is -0.238. The summed E-state index contributed by atoms with van der Waals surface area (Å²) >= 11 is 15.6. The zero-order valence-electron chi connectivity index (χ0n) is 16.6. The number of esters is 1. The maximum Gasteiger partial charge on any atom is 0.522 e. The van der Waals surface area contributed by atoms with Crippen molar-refractivity contribution in [2.45, 2.75) is 31.6 Å². The van der Waals surface area contributed by atoms with Crippen molar-refractivity contribution in [2.75, 3.05) is 13.2 Å². The number of carbonyl (C=O) groups excluding carboxylic acids is 2. The van der Waals surface area contributed by atoms with Crippen molar-refractivity contribution in [3.8, 4) is 0 Å². The molecule has 0 fully saturated rings. The zero-order valence-corrected chi connectivity index (χ0v) is 20.1. The van der Waals surface area contributed by atoms with Crippen LogP contribution in [0.4, 0.5) is 13.2 Å². The van der Waals surface area contributed by atoms with Gasteiger partial charge in [0.2, 0.25) is 0 Å². The fourth-order valence-electron chi connectivity index (χ4n) is 2.55. The maximum atomic E-state index is 13.5. The van der Waals surface area contributed by atoms with E-state index in [0.717, 1.165) is 0 Å². The van der Waals surface area contributed by atoms with Crippen molar-refractivity contribution in [2.24, 2.45) is 0 Å². The second-order valence-corrected chi connectivity index (χ2v) is 8.69. The summed E-state index contributed by atoms with van der Waals surface area (Å²) in [6, 6.07) is 0. The molecule has 0 aliphatic heterocycles. The largest absolute Gasteiger partial charge is 0.522 e. The average Bonchev–Trinajstić information content (AvgIpc) is 2.73. The van der Waals surface area contributed by atoms with Crippen molar-refractivity contribution < 1.29 is 37.0 Å². The molecule has 32 heavy (non-hydrogen) atoms. The van der Waals surface area contributed by atoms with E-state index >= 15 is 0 Å². The van der Waals surface area contributed by atoms with E-state index in [0.29, 0.717) is 0 Å². The number of allylic oxidation sites excluding steroid dienone is 8. The number of hydrogen-bond acceptors (Lipinski definition) is 8. The SMILES string of the molecule is CCOC(=O)CN(C(=O)C(F)(F)F)C(OC1=CC=CCC1=S)(OC1=CC=CCC1=S)[PH+]=S. The lowest BCUT2D eigenvalue weighted by Crippen LogP contribution is -2.57. The Balaban J connectivity index is 2.62. The summed E-state index contributed by atoms with van der Waals surface area (Å²) in [5.41, 5.74) is -2.53. The van der Waals surface area contributed by atoms with Crippen molar-refractivity contribution in [1.82, 2.24) is 4.90 Å². The molecule has 2 aliphatic rings. The van der Waals surface area contributed by atoms with Gasteiger partial charge in [0.05, 0.1) is 16.3 Å². The fourth-order valence-corrected chi connectivity index (χ4v) is 4.14. The summed E-state index contributed by atoms with van der Waals surface area (Å²) in [4.78, 5) is 25.1. The molecule has 0 saturated heterocycles. The first-order chi connectivity index (χ1) is 15.0.